The van der Waals surface area contributed by atoms with Crippen LogP contribution in [0.4, 0.5) is 0 Å². The highest BCUT2D eigenvalue weighted by molar-refractivity contribution is 5.79. The summed E-state index contributed by atoms with van der Waals surface area (Å²) in [6, 6.07) is 1.99. The van der Waals surface area contributed by atoms with Gasteiger partial charge in [0, 0.05) is 23.0 Å². The molecule has 0 unspecified atom stereocenters. The predicted octanol–water partition coefficient (Wildman–Crippen LogP) is -0.519. The summed E-state index contributed by atoms with van der Waals surface area (Å²) in [5, 5.41) is 5.38. The lowest BCUT2D eigenvalue weighted by atomic mass is 10.3. The maximum absolute atomic E-state index is 4.30. The lowest BCUT2D eigenvalue weighted by Crippen LogP contribution is -2.32. The third kappa shape index (κ3) is 0.853. The number of nitrogens with one attached hydrogen (secondary N) is 2. The summed E-state index contributed by atoms with van der Waals surface area (Å²) in [6.07, 6.45) is 5.59. The van der Waals surface area contributed by atoms with Crippen LogP contribution in [0.15, 0.2) is 23.5 Å². The van der Waals surface area contributed by atoms with E-state index >= 15 is 0 Å². The summed E-state index contributed by atoms with van der Waals surface area (Å²) >= 11 is 0. The van der Waals surface area contributed by atoms with Crippen molar-refractivity contribution in [3.63, 3.8) is 0 Å². The highest BCUT2D eigenvalue weighted by atomic mass is 15.0. The van der Waals surface area contributed by atoms with Crippen molar-refractivity contribution in [1.82, 2.24) is 15.3 Å². The normalized spacial score (nSPS) is 14.2. The first kappa shape index (κ1) is 6.65. The zero-order chi connectivity index (χ0) is 8.67. The average Bonchev–Trinajstić information content (AvgIpc) is 2.56. The minimum Gasteiger partial charge on any atom is -0.372 e. The first-order valence-corrected chi connectivity index (χ1v) is 4.15. The van der Waals surface area contributed by atoms with Crippen LogP contribution in [0.25, 0.3) is 17.1 Å². The largest absolute Gasteiger partial charge is 0.372 e. The molecule has 4 heteroatoms. The third-order valence-electron chi connectivity index (χ3n) is 2.19. The zero-order valence-corrected chi connectivity index (χ0v) is 6.91. The molecule has 13 heavy (non-hydrogen) atoms. The van der Waals surface area contributed by atoms with Gasteiger partial charge >= 0.3 is 0 Å². The Morgan fingerprint density at radius 2 is 2.38 bits per heavy atom. The van der Waals surface area contributed by atoms with Gasteiger partial charge in [-0.25, -0.2) is 4.99 Å². The maximum atomic E-state index is 4.30. The summed E-state index contributed by atoms with van der Waals surface area (Å²) in [4.78, 5) is 11.6. The molecule has 2 N–H and O–H groups in total. The standard InChI is InChI=1S/C9H8N4/c1-2-10-4-8-6(1)7-3-11-5-12-9(7)13-8/h1-4,11H,5H2,(H,12,13). The molecule has 0 saturated heterocycles. The maximum Gasteiger partial charge on any atom is 0.136 e. The Morgan fingerprint density at radius 1 is 1.38 bits per heavy atom. The van der Waals surface area contributed by atoms with Gasteiger partial charge in [-0.05, 0) is 6.07 Å². The number of H-pyrrole nitrogens is 1. The molecule has 0 radical (unpaired) electrons. The molecule has 0 fully saturated rings. The molecule has 4 nitrogen and oxygen atoms in total. The fraction of sp³-hybridized carbons (Fsp3) is 0.111. The van der Waals surface area contributed by atoms with Crippen LogP contribution >= 0.6 is 0 Å². The Labute approximate surface area is 74.0 Å². The number of aromatic amines is 1. The van der Waals surface area contributed by atoms with Crippen molar-refractivity contribution in [2.24, 2.45) is 4.99 Å². The van der Waals surface area contributed by atoms with Crippen molar-refractivity contribution < 1.29 is 0 Å². The quantitative estimate of drug-likeness (QED) is 0.562. The van der Waals surface area contributed by atoms with Gasteiger partial charge in [0.25, 0.3) is 0 Å². The van der Waals surface area contributed by atoms with Crippen LogP contribution in [0.5, 0.6) is 0 Å². The zero-order valence-electron chi connectivity index (χ0n) is 6.91. The van der Waals surface area contributed by atoms with Crippen molar-refractivity contribution >= 4 is 17.1 Å². The lowest BCUT2D eigenvalue weighted by molar-refractivity contribution is 0.855. The molecule has 0 saturated carbocycles. The second-order valence-corrected chi connectivity index (χ2v) is 2.97. The van der Waals surface area contributed by atoms with Crippen molar-refractivity contribution in [3.8, 4) is 0 Å². The van der Waals surface area contributed by atoms with E-state index in [4.69, 9.17) is 0 Å². The smallest absolute Gasteiger partial charge is 0.136 e. The van der Waals surface area contributed by atoms with Crippen LogP contribution < -0.4 is 16.0 Å². The second kappa shape index (κ2) is 2.32. The molecular weight excluding hydrogens is 164 g/mol. The van der Waals surface area contributed by atoms with Crippen LogP contribution in [0.2, 0.25) is 0 Å². The molecular formula is C9H8N4. The molecule has 0 aliphatic carbocycles. The molecule has 2 aromatic rings. The van der Waals surface area contributed by atoms with E-state index in [1.54, 1.807) is 6.20 Å². The van der Waals surface area contributed by atoms with Gasteiger partial charge in [-0.1, -0.05) is 0 Å². The summed E-state index contributed by atoms with van der Waals surface area (Å²) in [6.45, 7) is 0.646. The van der Waals surface area contributed by atoms with E-state index in [2.05, 4.69) is 20.3 Å². The molecule has 1 aliphatic rings. The topological polar surface area (TPSA) is 53.1 Å². The molecule has 1 aliphatic heterocycles. The highest BCUT2D eigenvalue weighted by Gasteiger charge is 2.01. The number of rotatable bonds is 0. The van der Waals surface area contributed by atoms with E-state index in [9.17, 15) is 0 Å². The molecule has 0 amide bonds. The summed E-state index contributed by atoms with van der Waals surface area (Å²) in [5.74, 6) is 0. The van der Waals surface area contributed by atoms with E-state index in [1.165, 1.54) is 5.39 Å². The monoisotopic (exact) mass is 172 g/mol. The molecule has 3 heterocycles. The lowest BCUT2D eigenvalue weighted by Gasteiger charge is -1.96. The molecule has 0 bridgehead atoms. The van der Waals surface area contributed by atoms with Crippen LogP contribution in [0, 0.1) is 0 Å². The fourth-order valence-electron chi connectivity index (χ4n) is 1.59. The number of hydrogen-bond acceptors (Lipinski definition) is 3. The van der Waals surface area contributed by atoms with Crippen LogP contribution in [-0.4, -0.2) is 16.6 Å². The minimum atomic E-state index is 0.646. The predicted molar refractivity (Wildman–Crippen MR) is 49.3 cm³/mol. The highest BCUT2D eigenvalue weighted by Crippen LogP contribution is 2.01. The SMILES string of the molecule is C1=c2c([nH]c3cnccc23)=NCN1. The van der Waals surface area contributed by atoms with Gasteiger partial charge in [-0.2, -0.15) is 0 Å². The summed E-state index contributed by atoms with van der Waals surface area (Å²) in [5.41, 5.74) is 1.98. The Bertz CT molecular complexity index is 567. The first-order valence-electron chi connectivity index (χ1n) is 4.15. The molecule has 0 atom stereocenters. The van der Waals surface area contributed by atoms with E-state index in [0.717, 1.165) is 16.2 Å². The van der Waals surface area contributed by atoms with Crippen LogP contribution in [0.1, 0.15) is 0 Å². The molecule has 2 aromatic heterocycles. The number of nitrogens with zero attached hydrogens (tertiary/aromatic N) is 2. The number of fused-ring (bicyclic) bond motifs is 3. The second-order valence-electron chi connectivity index (χ2n) is 2.97. The van der Waals surface area contributed by atoms with Gasteiger partial charge in [0.05, 0.1) is 11.7 Å². The number of hydrogen-bond donors (Lipinski definition) is 2. The van der Waals surface area contributed by atoms with Crippen molar-refractivity contribution in [2.45, 2.75) is 0 Å². The molecule has 0 aromatic carbocycles. The van der Waals surface area contributed by atoms with Gasteiger partial charge in [0.15, 0.2) is 0 Å². The Kier molecular flexibility index (Phi) is 1.19. The Hall–Kier alpha value is -1.84. The molecule has 64 valence electrons. The Morgan fingerprint density at radius 3 is 3.38 bits per heavy atom. The summed E-state index contributed by atoms with van der Waals surface area (Å²) in [7, 11) is 0. The fourth-order valence-corrected chi connectivity index (χ4v) is 1.59. The average molecular weight is 172 g/mol. The van der Waals surface area contributed by atoms with E-state index in [1.807, 2.05) is 18.5 Å². The van der Waals surface area contributed by atoms with Gasteiger partial charge in [-0.3, -0.25) is 4.98 Å². The van der Waals surface area contributed by atoms with E-state index in [-0.39, 0.29) is 0 Å². The van der Waals surface area contributed by atoms with Crippen LogP contribution in [-0.2, 0) is 0 Å². The van der Waals surface area contributed by atoms with Gasteiger partial charge in [-0.15, -0.1) is 0 Å². The first-order chi connectivity index (χ1) is 6.45. The van der Waals surface area contributed by atoms with E-state index in [0.29, 0.717) is 6.67 Å². The van der Waals surface area contributed by atoms with Gasteiger partial charge in [0.1, 0.15) is 12.2 Å². The number of pyridine rings is 1. The van der Waals surface area contributed by atoms with Crippen LogP contribution in [0.3, 0.4) is 0 Å². The third-order valence-corrected chi connectivity index (χ3v) is 2.19. The van der Waals surface area contributed by atoms with Gasteiger partial charge in [0.2, 0.25) is 0 Å². The van der Waals surface area contributed by atoms with Gasteiger partial charge < -0.3 is 10.3 Å². The number of aromatic nitrogens is 2. The van der Waals surface area contributed by atoms with Crippen molar-refractivity contribution in [1.29, 1.82) is 0 Å². The van der Waals surface area contributed by atoms with E-state index < -0.39 is 0 Å². The summed E-state index contributed by atoms with van der Waals surface area (Å²) < 4.78 is 0. The Balaban J connectivity index is 2.63. The van der Waals surface area contributed by atoms with Crippen molar-refractivity contribution in [2.75, 3.05) is 6.67 Å². The molecule has 3 rings (SSSR count). The minimum absolute atomic E-state index is 0.646. The molecule has 0 spiro atoms. The van der Waals surface area contributed by atoms with Crippen molar-refractivity contribution in [3.05, 3.63) is 29.2 Å².